The summed E-state index contributed by atoms with van der Waals surface area (Å²) in [6.07, 6.45) is 1.14. The topological polar surface area (TPSA) is 32.5 Å². The summed E-state index contributed by atoms with van der Waals surface area (Å²) in [6, 6.07) is 6.17. The second kappa shape index (κ2) is 7.10. The lowest BCUT2D eigenvalue weighted by Gasteiger charge is -2.36. The summed E-state index contributed by atoms with van der Waals surface area (Å²) in [5.41, 5.74) is 7.02. The van der Waals surface area contributed by atoms with Crippen LogP contribution < -0.4 is 5.73 Å². The zero-order valence-corrected chi connectivity index (χ0v) is 13.7. The highest BCUT2D eigenvalue weighted by Gasteiger charge is 2.29. The molecule has 1 aromatic carbocycles. The maximum Gasteiger partial charge on any atom is 0.0503 e. The van der Waals surface area contributed by atoms with Crippen molar-refractivity contribution in [1.82, 2.24) is 9.80 Å². The van der Waals surface area contributed by atoms with Crippen molar-refractivity contribution >= 4 is 23.2 Å². The summed E-state index contributed by atoms with van der Waals surface area (Å²) in [7, 11) is 2.17. The maximum atomic E-state index is 6.36. The van der Waals surface area contributed by atoms with Gasteiger partial charge in [0.15, 0.2) is 0 Å². The van der Waals surface area contributed by atoms with E-state index in [-0.39, 0.29) is 6.04 Å². The molecule has 1 aliphatic heterocycles. The smallest absolute Gasteiger partial charge is 0.0503 e. The zero-order valence-electron chi connectivity index (χ0n) is 12.1. The first-order valence-corrected chi connectivity index (χ1v) is 7.88. The lowest BCUT2D eigenvalue weighted by atomic mass is 10.0. The highest BCUT2D eigenvalue weighted by Crippen LogP contribution is 2.34. The highest BCUT2D eigenvalue weighted by atomic mass is 35.5. The van der Waals surface area contributed by atoms with Crippen molar-refractivity contribution in [3.05, 3.63) is 33.8 Å². The normalized spacial score (nSPS) is 23.6. The van der Waals surface area contributed by atoms with Crippen LogP contribution in [0.4, 0.5) is 0 Å². The Bertz CT molecular complexity index is 432. The van der Waals surface area contributed by atoms with Crippen LogP contribution in [0, 0.1) is 0 Å². The van der Waals surface area contributed by atoms with Crippen molar-refractivity contribution in [3.63, 3.8) is 0 Å². The Morgan fingerprint density at radius 3 is 2.55 bits per heavy atom. The highest BCUT2D eigenvalue weighted by molar-refractivity contribution is 6.36. The van der Waals surface area contributed by atoms with Gasteiger partial charge in [0.1, 0.15) is 0 Å². The molecule has 0 bridgehead atoms. The van der Waals surface area contributed by atoms with Gasteiger partial charge in [-0.15, -0.1) is 0 Å². The van der Waals surface area contributed by atoms with E-state index in [0.29, 0.717) is 22.6 Å². The van der Waals surface area contributed by atoms with Gasteiger partial charge in [0.2, 0.25) is 0 Å². The van der Waals surface area contributed by atoms with E-state index >= 15 is 0 Å². The summed E-state index contributed by atoms with van der Waals surface area (Å²) < 4.78 is 0. The molecule has 0 spiro atoms. The molecule has 1 saturated heterocycles. The third-order valence-corrected chi connectivity index (χ3v) is 4.71. The van der Waals surface area contributed by atoms with Crippen LogP contribution in [-0.2, 0) is 0 Å². The molecule has 0 aromatic heterocycles. The molecule has 0 saturated carbocycles. The van der Waals surface area contributed by atoms with Crippen LogP contribution in [0.15, 0.2) is 18.2 Å². The minimum Gasteiger partial charge on any atom is -0.329 e. The molecule has 2 N–H and O–H groups in total. The molecular weight excluding hydrogens is 293 g/mol. The van der Waals surface area contributed by atoms with E-state index in [1.54, 1.807) is 0 Å². The Morgan fingerprint density at radius 2 is 1.95 bits per heavy atom. The lowest BCUT2D eigenvalue weighted by Crippen LogP contribution is -2.43. The van der Waals surface area contributed by atoms with Crippen molar-refractivity contribution in [3.8, 4) is 0 Å². The van der Waals surface area contributed by atoms with Crippen LogP contribution in [0.1, 0.15) is 24.9 Å². The van der Waals surface area contributed by atoms with Gasteiger partial charge in [-0.05, 0) is 39.1 Å². The van der Waals surface area contributed by atoms with Crippen LogP contribution >= 0.6 is 23.2 Å². The Labute approximate surface area is 131 Å². The number of benzene rings is 1. The van der Waals surface area contributed by atoms with Crippen LogP contribution in [0.3, 0.4) is 0 Å². The molecule has 1 fully saturated rings. The van der Waals surface area contributed by atoms with Gasteiger partial charge < -0.3 is 10.6 Å². The molecule has 2 atom stereocenters. The first-order chi connectivity index (χ1) is 9.54. The minimum atomic E-state index is 0.0812. The van der Waals surface area contributed by atoms with Crippen LogP contribution in [-0.4, -0.2) is 49.1 Å². The van der Waals surface area contributed by atoms with Gasteiger partial charge in [0.05, 0.1) is 6.04 Å². The third-order valence-electron chi connectivity index (χ3n) is 4.05. The fourth-order valence-corrected chi connectivity index (χ4v) is 3.75. The Morgan fingerprint density at radius 1 is 1.30 bits per heavy atom. The van der Waals surface area contributed by atoms with E-state index in [0.717, 1.165) is 31.6 Å². The van der Waals surface area contributed by atoms with Gasteiger partial charge in [-0.3, -0.25) is 4.90 Å². The van der Waals surface area contributed by atoms with E-state index < -0.39 is 0 Å². The fraction of sp³-hybridized carbons (Fsp3) is 0.600. The quantitative estimate of drug-likeness (QED) is 0.930. The maximum absolute atomic E-state index is 6.36. The number of halogens is 2. The Balaban J connectivity index is 2.31. The molecule has 0 radical (unpaired) electrons. The Hall–Kier alpha value is -0.320. The molecule has 1 heterocycles. The van der Waals surface area contributed by atoms with Crippen molar-refractivity contribution in [2.45, 2.75) is 25.4 Å². The monoisotopic (exact) mass is 315 g/mol. The van der Waals surface area contributed by atoms with E-state index in [1.807, 2.05) is 18.2 Å². The van der Waals surface area contributed by atoms with Gasteiger partial charge in [-0.2, -0.15) is 0 Å². The fourth-order valence-electron chi connectivity index (χ4n) is 3.10. The number of hydrogen-bond donors (Lipinski definition) is 1. The summed E-state index contributed by atoms with van der Waals surface area (Å²) >= 11 is 12.7. The number of likely N-dealkylation sites (N-methyl/N-ethyl adjacent to an activating group) is 1. The van der Waals surface area contributed by atoms with Crippen LogP contribution in [0.25, 0.3) is 0 Å². The second-order valence-corrected chi connectivity index (χ2v) is 6.40. The number of nitrogens with two attached hydrogens (primary N) is 1. The summed E-state index contributed by atoms with van der Waals surface area (Å²) in [5.74, 6) is 0. The number of nitrogens with zero attached hydrogens (tertiary/aromatic N) is 2. The Kier molecular flexibility index (Phi) is 5.70. The molecule has 112 valence electrons. The predicted octanol–water partition coefficient (Wildman–Crippen LogP) is 3.02. The summed E-state index contributed by atoms with van der Waals surface area (Å²) in [5, 5.41) is 1.41. The summed E-state index contributed by atoms with van der Waals surface area (Å²) in [6.45, 7) is 5.95. The van der Waals surface area contributed by atoms with E-state index in [9.17, 15) is 0 Å². The molecular formula is C15H23Cl2N3. The van der Waals surface area contributed by atoms with Gasteiger partial charge >= 0.3 is 0 Å². The molecule has 20 heavy (non-hydrogen) atoms. The molecule has 2 unspecified atom stereocenters. The van der Waals surface area contributed by atoms with Crippen molar-refractivity contribution in [2.24, 2.45) is 5.73 Å². The van der Waals surface area contributed by atoms with Crippen LogP contribution in [0.5, 0.6) is 0 Å². The number of rotatable bonds is 3. The second-order valence-electron chi connectivity index (χ2n) is 5.59. The molecule has 1 aromatic rings. The molecule has 2 rings (SSSR count). The minimum absolute atomic E-state index is 0.0812. The summed E-state index contributed by atoms with van der Waals surface area (Å²) in [4.78, 5) is 4.81. The molecule has 0 aliphatic carbocycles. The van der Waals surface area contributed by atoms with Gasteiger partial charge in [0, 0.05) is 41.3 Å². The van der Waals surface area contributed by atoms with E-state index in [2.05, 4.69) is 23.8 Å². The standard InChI is InChI=1S/C15H23Cl2N3/c1-11-10-19(2)7-4-8-20(11)14(9-18)15-12(16)5-3-6-13(15)17/h3,5-6,11,14H,4,7-10,18H2,1-2H3. The van der Waals surface area contributed by atoms with Gasteiger partial charge in [-0.25, -0.2) is 0 Å². The molecule has 0 amide bonds. The van der Waals surface area contributed by atoms with Crippen molar-refractivity contribution < 1.29 is 0 Å². The van der Waals surface area contributed by atoms with Gasteiger partial charge in [-0.1, -0.05) is 29.3 Å². The first-order valence-electron chi connectivity index (χ1n) is 7.13. The van der Waals surface area contributed by atoms with Crippen molar-refractivity contribution in [2.75, 3.05) is 33.2 Å². The average molecular weight is 316 g/mol. The van der Waals surface area contributed by atoms with Crippen LogP contribution in [0.2, 0.25) is 10.0 Å². The predicted molar refractivity (Wildman–Crippen MR) is 86.5 cm³/mol. The number of hydrogen-bond acceptors (Lipinski definition) is 3. The van der Waals surface area contributed by atoms with E-state index in [1.165, 1.54) is 0 Å². The van der Waals surface area contributed by atoms with Gasteiger partial charge in [0.25, 0.3) is 0 Å². The van der Waals surface area contributed by atoms with Crippen molar-refractivity contribution in [1.29, 1.82) is 0 Å². The molecule has 3 nitrogen and oxygen atoms in total. The molecule has 1 aliphatic rings. The van der Waals surface area contributed by atoms with E-state index in [4.69, 9.17) is 28.9 Å². The third kappa shape index (κ3) is 3.46. The average Bonchev–Trinajstić information content (AvgIpc) is 2.55. The first kappa shape index (κ1) is 16.1. The zero-order chi connectivity index (χ0) is 14.7. The largest absolute Gasteiger partial charge is 0.329 e. The lowest BCUT2D eigenvalue weighted by molar-refractivity contribution is 0.146. The SMILES string of the molecule is CC1CN(C)CCCN1C(CN)c1c(Cl)cccc1Cl. The molecule has 5 heteroatoms.